The van der Waals surface area contributed by atoms with Gasteiger partial charge in [0.2, 0.25) is 0 Å². The first-order chi connectivity index (χ1) is 17.8. The normalized spacial score (nSPS) is 22.4. The largest absolute Gasteiger partial charge is 0.349 e. The van der Waals surface area contributed by atoms with E-state index in [0.29, 0.717) is 36.8 Å². The summed E-state index contributed by atoms with van der Waals surface area (Å²) in [4.78, 5) is 76.1. The Bertz CT molecular complexity index is 1090. The standard InChI is InChI=1S/C25H28N4O8/c1-14(27-35)15(2)37-25(36-12-11-28-21(30)16-7-3-4-8-17(16)22(28)31)20(13-26-34)29-23(32)18-9-5-6-10-19(18)24(29)33/h7-10,14-15,20,25H,3-6,11-13H2,1-2H3. The number of nitrogens with zero attached hydrogens (tertiary/aromatic N) is 4. The van der Waals surface area contributed by atoms with Crippen molar-refractivity contribution in [2.45, 2.75) is 64.0 Å². The topological polar surface area (TPSA) is 152 Å². The van der Waals surface area contributed by atoms with Crippen LogP contribution in [0, 0.1) is 9.81 Å². The molecule has 0 saturated carbocycles. The molecule has 0 aromatic carbocycles. The number of ether oxygens (including phenoxy) is 2. The molecule has 0 N–H and O–H groups in total. The highest BCUT2D eigenvalue weighted by atomic mass is 16.7. The third kappa shape index (κ3) is 4.98. The van der Waals surface area contributed by atoms with Gasteiger partial charge in [0.05, 0.1) is 19.3 Å². The Morgan fingerprint density at radius 3 is 1.76 bits per heavy atom. The molecule has 4 rings (SSSR count). The minimum absolute atomic E-state index is 0.124. The smallest absolute Gasteiger partial charge is 0.261 e. The van der Waals surface area contributed by atoms with E-state index in [2.05, 4.69) is 10.4 Å². The van der Waals surface area contributed by atoms with E-state index in [1.165, 1.54) is 6.92 Å². The van der Waals surface area contributed by atoms with E-state index in [-0.39, 0.29) is 24.3 Å². The van der Waals surface area contributed by atoms with E-state index >= 15 is 0 Å². The summed E-state index contributed by atoms with van der Waals surface area (Å²) in [5.74, 6) is -2.04. The van der Waals surface area contributed by atoms with Gasteiger partial charge in [-0.2, -0.15) is 9.81 Å². The zero-order valence-electron chi connectivity index (χ0n) is 20.6. The number of carbonyl (C=O) groups is 4. The molecule has 2 aliphatic carbocycles. The first-order valence-corrected chi connectivity index (χ1v) is 12.2. The molecule has 2 saturated heterocycles. The number of likely N-dealkylation sites (tertiary alicyclic amines) is 2. The molecular formula is C25H28N4O8. The van der Waals surface area contributed by atoms with E-state index < -0.39 is 54.7 Å². The summed E-state index contributed by atoms with van der Waals surface area (Å²) in [7, 11) is 0. The van der Waals surface area contributed by atoms with Gasteiger partial charge in [-0.25, -0.2) is 0 Å². The number of amides is 4. The first kappa shape index (κ1) is 26.4. The summed E-state index contributed by atoms with van der Waals surface area (Å²) < 4.78 is 11.7. The molecular weight excluding hydrogens is 484 g/mol. The minimum Gasteiger partial charge on any atom is -0.349 e. The monoisotopic (exact) mass is 512 g/mol. The Kier molecular flexibility index (Phi) is 7.98. The van der Waals surface area contributed by atoms with E-state index in [1.807, 2.05) is 0 Å². The number of nitroso groups, excluding NO2 is 2. The van der Waals surface area contributed by atoms with Gasteiger partial charge in [0.15, 0.2) is 6.29 Å². The van der Waals surface area contributed by atoms with Crippen LogP contribution in [0.1, 0.15) is 39.5 Å². The minimum atomic E-state index is -1.38. The third-order valence-electron chi connectivity index (χ3n) is 6.86. The van der Waals surface area contributed by atoms with Crippen LogP contribution in [0.5, 0.6) is 0 Å². The fourth-order valence-corrected chi connectivity index (χ4v) is 4.68. The molecule has 196 valence electrons. The van der Waals surface area contributed by atoms with Crippen LogP contribution in [0.25, 0.3) is 0 Å². The zero-order valence-corrected chi connectivity index (χ0v) is 20.6. The lowest BCUT2D eigenvalue weighted by Gasteiger charge is -2.33. The van der Waals surface area contributed by atoms with E-state index in [1.54, 1.807) is 31.2 Å². The quantitative estimate of drug-likeness (QED) is 0.219. The van der Waals surface area contributed by atoms with Gasteiger partial charge in [-0.15, -0.1) is 0 Å². The first-order valence-electron chi connectivity index (χ1n) is 12.2. The lowest BCUT2D eigenvalue weighted by Crippen LogP contribution is -2.52. The Labute approximate surface area is 212 Å². The number of carbonyl (C=O) groups excluding carboxylic acids is 4. The van der Waals surface area contributed by atoms with Gasteiger partial charge in [0, 0.05) is 22.3 Å². The molecule has 0 aromatic heterocycles. The van der Waals surface area contributed by atoms with Crippen LogP contribution < -0.4 is 0 Å². The Balaban J connectivity index is 1.55. The Hall–Kier alpha value is -3.64. The van der Waals surface area contributed by atoms with Gasteiger partial charge in [-0.05, 0) is 39.5 Å². The summed E-state index contributed by atoms with van der Waals surface area (Å²) in [5.41, 5.74) is 1.23. The molecule has 2 heterocycles. The second kappa shape index (κ2) is 11.2. The average molecular weight is 513 g/mol. The lowest BCUT2D eigenvalue weighted by atomic mass is 10.0. The van der Waals surface area contributed by atoms with Crippen molar-refractivity contribution in [1.82, 2.24) is 9.80 Å². The fraction of sp³-hybridized carbons (Fsp3) is 0.520. The molecule has 0 spiro atoms. The van der Waals surface area contributed by atoms with Crippen LogP contribution in [0.4, 0.5) is 0 Å². The van der Waals surface area contributed by atoms with E-state index in [4.69, 9.17) is 9.47 Å². The van der Waals surface area contributed by atoms with Crippen molar-refractivity contribution in [2.24, 2.45) is 10.4 Å². The van der Waals surface area contributed by atoms with Crippen molar-refractivity contribution >= 4 is 23.6 Å². The number of rotatable bonds is 12. The maximum Gasteiger partial charge on any atom is 0.261 e. The molecule has 4 atom stereocenters. The molecule has 0 bridgehead atoms. The van der Waals surface area contributed by atoms with Crippen LogP contribution in [0.15, 0.2) is 57.0 Å². The molecule has 4 aliphatic rings. The van der Waals surface area contributed by atoms with Crippen molar-refractivity contribution in [3.63, 3.8) is 0 Å². The maximum atomic E-state index is 13.1. The summed E-state index contributed by atoms with van der Waals surface area (Å²) in [5, 5.41) is 5.85. The number of hydrogen-bond acceptors (Lipinski definition) is 10. The van der Waals surface area contributed by atoms with Crippen LogP contribution in [-0.2, 0) is 28.7 Å². The number of allylic oxidation sites excluding steroid dienone is 4. The number of imide groups is 2. The molecule has 0 aromatic rings. The predicted octanol–water partition coefficient (Wildman–Crippen LogP) is 2.05. The summed E-state index contributed by atoms with van der Waals surface area (Å²) >= 11 is 0. The summed E-state index contributed by atoms with van der Waals surface area (Å²) in [6, 6.07) is -2.05. The molecule has 0 radical (unpaired) electrons. The molecule has 12 heteroatoms. The van der Waals surface area contributed by atoms with Gasteiger partial charge in [0.1, 0.15) is 18.6 Å². The van der Waals surface area contributed by atoms with Gasteiger partial charge in [-0.1, -0.05) is 34.7 Å². The van der Waals surface area contributed by atoms with Crippen LogP contribution in [0.3, 0.4) is 0 Å². The van der Waals surface area contributed by atoms with Crippen molar-refractivity contribution < 1.29 is 28.7 Å². The molecule has 2 fully saturated rings. The van der Waals surface area contributed by atoms with Crippen LogP contribution in [0.2, 0.25) is 0 Å². The SMILES string of the molecule is CC(N=O)C(C)OC(OCCN1C(=O)C2=CCCC=C2C1=O)C(CN=O)N1C(=O)C2=CCCC=C2C1=O. The van der Waals surface area contributed by atoms with Crippen molar-refractivity contribution in [3.8, 4) is 0 Å². The lowest BCUT2D eigenvalue weighted by molar-refractivity contribution is -0.202. The molecule has 37 heavy (non-hydrogen) atoms. The fourth-order valence-electron chi connectivity index (χ4n) is 4.68. The van der Waals surface area contributed by atoms with Crippen LogP contribution in [-0.4, -0.2) is 77.6 Å². The number of hydrogen-bond donors (Lipinski definition) is 0. The maximum absolute atomic E-state index is 13.1. The zero-order chi connectivity index (χ0) is 26.7. The van der Waals surface area contributed by atoms with Gasteiger partial charge < -0.3 is 9.47 Å². The second-order valence-electron chi connectivity index (χ2n) is 9.17. The van der Waals surface area contributed by atoms with Crippen molar-refractivity contribution in [1.29, 1.82) is 0 Å². The third-order valence-corrected chi connectivity index (χ3v) is 6.86. The molecule has 4 unspecified atom stereocenters. The molecule has 2 aliphatic heterocycles. The van der Waals surface area contributed by atoms with Crippen molar-refractivity contribution in [3.05, 3.63) is 56.4 Å². The van der Waals surface area contributed by atoms with Crippen LogP contribution >= 0.6 is 0 Å². The summed E-state index contributed by atoms with van der Waals surface area (Å²) in [6.07, 6.45) is 7.17. The second-order valence-corrected chi connectivity index (χ2v) is 9.17. The Morgan fingerprint density at radius 2 is 1.30 bits per heavy atom. The molecule has 12 nitrogen and oxygen atoms in total. The van der Waals surface area contributed by atoms with Gasteiger partial charge >= 0.3 is 0 Å². The van der Waals surface area contributed by atoms with Gasteiger partial charge in [0.25, 0.3) is 23.6 Å². The Morgan fingerprint density at radius 1 is 0.811 bits per heavy atom. The van der Waals surface area contributed by atoms with Crippen molar-refractivity contribution in [2.75, 3.05) is 19.7 Å². The van der Waals surface area contributed by atoms with Gasteiger partial charge in [-0.3, -0.25) is 29.0 Å². The number of fused-ring (bicyclic) bond motifs is 2. The highest BCUT2D eigenvalue weighted by Crippen LogP contribution is 2.33. The van der Waals surface area contributed by atoms with E-state index in [0.717, 1.165) is 9.80 Å². The predicted molar refractivity (Wildman–Crippen MR) is 129 cm³/mol. The highest BCUT2D eigenvalue weighted by Gasteiger charge is 2.47. The van der Waals surface area contributed by atoms with E-state index in [9.17, 15) is 29.0 Å². The highest BCUT2D eigenvalue weighted by molar-refractivity contribution is 6.25. The molecule has 4 amide bonds. The average Bonchev–Trinajstić information content (AvgIpc) is 3.31. The summed E-state index contributed by atoms with van der Waals surface area (Å²) in [6.45, 7) is 2.21.